The van der Waals surface area contributed by atoms with Gasteiger partial charge in [0, 0.05) is 18.0 Å². The molecule has 2 aromatic rings. The van der Waals surface area contributed by atoms with Crippen molar-refractivity contribution in [2.45, 2.75) is 24.6 Å². The SMILES string of the molecule is COc1ccc2nccc(NC(=O)NCC(O)N3CC(F)(F)C[C@H]3C#N)c2c1. The van der Waals surface area contributed by atoms with Crippen LogP contribution in [0.5, 0.6) is 5.75 Å². The Morgan fingerprint density at radius 1 is 1.54 bits per heavy atom. The summed E-state index contributed by atoms with van der Waals surface area (Å²) in [7, 11) is 1.52. The number of likely N-dealkylation sites (tertiary alicyclic amines) is 1. The summed E-state index contributed by atoms with van der Waals surface area (Å²) in [6.07, 6.45) is -0.515. The highest BCUT2D eigenvalue weighted by atomic mass is 19.3. The molecule has 1 fully saturated rings. The smallest absolute Gasteiger partial charge is 0.319 e. The van der Waals surface area contributed by atoms with Crippen molar-refractivity contribution in [1.82, 2.24) is 15.2 Å². The minimum Gasteiger partial charge on any atom is -0.497 e. The number of hydrogen-bond donors (Lipinski definition) is 3. The van der Waals surface area contributed by atoms with Crippen molar-refractivity contribution >= 4 is 22.6 Å². The molecule has 1 aliphatic rings. The number of methoxy groups -OCH3 is 1. The Kier molecular flexibility index (Phi) is 5.58. The minimum atomic E-state index is -3.04. The van der Waals surface area contributed by atoms with Crippen molar-refractivity contribution in [2.75, 3.05) is 25.5 Å². The lowest BCUT2D eigenvalue weighted by molar-refractivity contribution is -0.0300. The van der Waals surface area contributed by atoms with E-state index in [1.165, 1.54) is 13.3 Å². The highest BCUT2D eigenvalue weighted by molar-refractivity contribution is 6.00. The van der Waals surface area contributed by atoms with Crippen molar-refractivity contribution in [3.63, 3.8) is 0 Å². The molecule has 28 heavy (non-hydrogen) atoms. The van der Waals surface area contributed by atoms with Crippen LogP contribution in [0.25, 0.3) is 10.9 Å². The lowest BCUT2D eigenvalue weighted by Crippen LogP contribution is -2.47. The van der Waals surface area contributed by atoms with Crippen molar-refractivity contribution in [3.05, 3.63) is 30.5 Å². The number of halogens is 2. The number of ether oxygens (including phenoxy) is 1. The number of pyridine rings is 1. The number of alkyl halides is 2. The summed E-state index contributed by atoms with van der Waals surface area (Å²) in [4.78, 5) is 17.4. The molecule has 0 spiro atoms. The molecule has 3 rings (SSSR count). The van der Waals surface area contributed by atoms with E-state index in [4.69, 9.17) is 10.00 Å². The van der Waals surface area contributed by atoms with Crippen LogP contribution in [-0.2, 0) is 0 Å². The molecule has 1 aromatic carbocycles. The number of benzene rings is 1. The molecule has 1 saturated heterocycles. The summed E-state index contributed by atoms with van der Waals surface area (Å²) in [5.74, 6) is -2.45. The first-order valence-corrected chi connectivity index (χ1v) is 8.52. The zero-order valence-electron chi connectivity index (χ0n) is 15.0. The molecule has 1 aliphatic heterocycles. The van der Waals surface area contributed by atoms with Gasteiger partial charge in [0.15, 0.2) is 0 Å². The number of anilines is 1. The quantitative estimate of drug-likeness (QED) is 0.718. The Labute approximate surface area is 159 Å². The lowest BCUT2D eigenvalue weighted by Gasteiger charge is -2.25. The summed E-state index contributed by atoms with van der Waals surface area (Å²) in [5, 5.41) is 24.8. The standard InChI is InChI=1S/C18H19F2N5O3/c1-28-12-2-3-14-13(6-12)15(4-5-22-14)24-17(27)23-9-16(26)25-10-18(19,20)7-11(25)8-21/h2-6,11,16,26H,7,9-10H2,1H3,(H2,22,23,24,27)/t11-,16?/m0/s1. The molecule has 0 saturated carbocycles. The summed E-state index contributed by atoms with van der Waals surface area (Å²) in [5.41, 5.74) is 1.12. The van der Waals surface area contributed by atoms with Crippen molar-refractivity contribution in [2.24, 2.45) is 0 Å². The number of nitrogens with zero attached hydrogens (tertiary/aromatic N) is 3. The van der Waals surface area contributed by atoms with Crippen molar-refractivity contribution in [1.29, 1.82) is 5.26 Å². The van der Waals surface area contributed by atoms with E-state index >= 15 is 0 Å². The Morgan fingerprint density at radius 2 is 2.32 bits per heavy atom. The Balaban J connectivity index is 1.63. The highest BCUT2D eigenvalue weighted by Gasteiger charge is 2.47. The van der Waals surface area contributed by atoms with Crippen LogP contribution in [0.1, 0.15) is 6.42 Å². The summed E-state index contributed by atoms with van der Waals surface area (Å²) < 4.78 is 32.1. The van der Waals surface area contributed by atoms with Gasteiger partial charge in [-0.1, -0.05) is 0 Å². The Hall–Kier alpha value is -3.03. The average Bonchev–Trinajstić information content (AvgIpc) is 3.01. The third kappa shape index (κ3) is 4.27. The first kappa shape index (κ1) is 19.7. The minimum absolute atomic E-state index is 0.313. The van der Waals surface area contributed by atoms with Crippen LogP contribution in [0, 0.1) is 11.3 Å². The van der Waals surface area contributed by atoms with E-state index < -0.39 is 37.2 Å². The number of rotatable bonds is 5. The zero-order chi connectivity index (χ0) is 20.3. The molecule has 3 N–H and O–H groups in total. The van der Waals surface area contributed by atoms with Crippen LogP contribution >= 0.6 is 0 Å². The molecule has 2 amide bonds. The number of aliphatic hydroxyl groups is 1. The number of nitriles is 1. The molecular formula is C18H19F2N5O3. The third-order valence-electron chi connectivity index (χ3n) is 4.48. The van der Waals surface area contributed by atoms with E-state index in [1.54, 1.807) is 30.3 Å². The number of aliphatic hydroxyl groups excluding tert-OH is 1. The molecule has 2 atom stereocenters. The number of fused-ring (bicyclic) bond motifs is 1. The third-order valence-corrected chi connectivity index (χ3v) is 4.48. The van der Waals surface area contributed by atoms with E-state index in [2.05, 4.69) is 15.6 Å². The van der Waals surface area contributed by atoms with Crippen LogP contribution in [-0.4, -0.2) is 59.4 Å². The summed E-state index contributed by atoms with van der Waals surface area (Å²) in [6.45, 7) is -1.04. The van der Waals surface area contributed by atoms with Crippen LogP contribution in [0.2, 0.25) is 0 Å². The van der Waals surface area contributed by atoms with Gasteiger partial charge in [-0.25, -0.2) is 13.6 Å². The van der Waals surface area contributed by atoms with Crippen LogP contribution in [0.15, 0.2) is 30.5 Å². The second kappa shape index (κ2) is 7.92. The van der Waals surface area contributed by atoms with Crippen LogP contribution in [0.4, 0.5) is 19.3 Å². The van der Waals surface area contributed by atoms with Crippen LogP contribution < -0.4 is 15.4 Å². The molecule has 1 unspecified atom stereocenters. The summed E-state index contributed by atoms with van der Waals surface area (Å²) >= 11 is 0. The molecule has 2 heterocycles. The first-order valence-electron chi connectivity index (χ1n) is 8.52. The molecule has 0 radical (unpaired) electrons. The first-order chi connectivity index (χ1) is 13.3. The molecule has 0 aliphatic carbocycles. The molecule has 8 nitrogen and oxygen atoms in total. The number of carbonyl (C=O) groups excluding carboxylic acids is 1. The van der Waals surface area contributed by atoms with Gasteiger partial charge in [-0.3, -0.25) is 9.88 Å². The van der Waals surface area contributed by atoms with Gasteiger partial charge >= 0.3 is 6.03 Å². The van der Waals surface area contributed by atoms with Gasteiger partial charge in [0.05, 0.1) is 37.5 Å². The van der Waals surface area contributed by atoms with E-state index in [1.807, 2.05) is 0 Å². The van der Waals surface area contributed by atoms with Gasteiger partial charge in [0.2, 0.25) is 0 Å². The number of aromatic nitrogens is 1. The number of urea groups is 1. The molecule has 0 bridgehead atoms. The Morgan fingerprint density at radius 3 is 3.04 bits per heavy atom. The number of carbonyl (C=O) groups is 1. The van der Waals surface area contributed by atoms with E-state index in [9.17, 15) is 18.7 Å². The Bertz CT molecular complexity index is 918. The van der Waals surface area contributed by atoms with Gasteiger partial charge in [-0.15, -0.1) is 0 Å². The maximum absolute atomic E-state index is 13.5. The molecule has 1 aromatic heterocycles. The second-order valence-electron chi connectivity index (χ2n) is 6.43. The number of hydrogen-bond acceptors (Lipinski definition) is 6. The second-order valence-corrected chi connectivity index (χ2v) is 6.43. The fraction of sp³-hybridized carbons (Fsp3) is 0.389. The predicted octanol–water partition coefficient (Wildman–Crippen LogP) is 1.92. The van der Waals surface area contributed by atoms with Gasteiger partial charge < -0.3 is 20.5 Å². The maximum Gasteiger partial charge on any atom is 0.319 e. The fourth-order valence-electron chi connectivity index (χ4n) is 3.10. The molecule has 10 heteroatoms. The maximum atomic E-state index is 13.5. The van der Waals surface area contributed by atoms with Crippen molar-refractivity contribution < 1.29 is 23.4 Å². The number of nitrogens with one attached hydrogen (secondary N) is 2. The summed E-state index contributed by atoms with van der Waals surface area (Å²) in [6, 6.07) is 6.82. The van der Waals surface area contributed by atoms with Crippen LogP contribution in [0.3, 0.4) is 0 Å². The van der Waals surface area contributed by atoms with Crippen molar-refractivity contribution in [3.8, 4) is 11.8 Å². The fourth-order valence-corrected chi connectivity index (χ4v) is 3.10. The van der Waals surface area contributed by atoms with Gasteiger partial charge in [0.1, 0.15) is 18.0 Å². The van der Waals surface area contributed by atoms with Gasteiger partial charge in [0.25, 0.3) is 5.92 Å². The predicted molar refractivity (Wildman–Crippen MR) is 97.0 cm³/mol. The van der Waals surface area contributed by atoms with Gasteiger partial charge in [-0.2, -0.15) is 5.26 Å². The molecule has 148 valence electrons. The number of amides is 2. The highest BCUT2D eigenvalue weighted by Crippen LogP contribution is 2.32. The topological polar surface area (TPSA) is 111 Å². The van der Waals surface area contributed by atoms with Gasteiger partial charge in [-0.05, 0) is 24.3 Å². The average molecular weight is 391 g/mol. The molecular weight excluding hydrogens is 372 g/mol. The largest absolute Gasteiger partial charge is 0.497 e. The van der Waals surface area contributed by atoms with E-state index in [0.29, 0.717) is 22.3 Å². The zero-order valence-corrected chi connectivity index (χ0v) is 15.0. The van der Waals surface area contributed by atoms with E-state index in [-0.39, 0.29) is 6.54 Å². The monoisotopic (exact) mass is 391 g/mol. The van der Waals surface area contributed by atoms with E-state index in [0.717, 1.165) is 4.90 Å². The lowest BCUT2D eigenvalue weighted by atomic mass is 10.2. The normalized spacial score (nSPS) is 19.8.